The molecule has 218 valence electrons. The van der Waals surface area contributed by atoms with E-state index in [0.29, 0.717) is 49.3 Å². The first-order chi connectivity index (χ1) is 19.4. The van der Waals surface area contributed by atoms with E-state index in [1.165, 1.54) is 18.1 Å². The van der Waals surface area contributed by atoms with E-state index in [4.69, 9.17) is 19.2 Å². The fourth-order valence-corrected chi connectivity index (χ4v) is 5.41. The lowest BCUT2D eigenvalue weighted by Gasteiger charge is -2.25. The highest BCUT2D eigenvalue weighted by molar-refractivity contribution is 5.95. The van der Waals surface area contributed by atoms with E-state index in [-0.39, 0.29) is 17.1 Å². The topological polar surface area (TPSA) is 93.2 Å². The normalized spacial score (nSPS) is 18.6. The molecule has 2 fully saturated rings. The van der Waals surface area contributed by atoms with Gasteiger partial charge in [0.1, 0.15) is 18.0 Å². The molecule has 1 spiro atoms. The van der Waals surface area contributed by atoms with Gasteiger partial charge >= 0.3 is 6.09 Å². The molecule has 1 aromatic heterocycles. The van der Waals surface area contributed by atoms with Gasteiger partial charge in [0, 0.05) is 61.2 Å². The number of carbonyl (C=O) groups is 2. The van der Waals surface area contributed by atoms with Crippen LogP contribution in [-0.4, -0.2) is 74.4 Å². The summed E-state index contributed by atoms with van der Waals surface area (Å²) in [5, 5.41) is 3.68. The lowest BCUT2D eigenvalue weighted by atomic mass is 9.86. The summed E-state index contributed by atoms with van der Waals surface area (Å²) in [6.07, 6.45) is 1.00. The van der Waals surface area contributed by atoms with Crippen LogP contribution in [0.2, 0.25) is 0 Å². The molecule has 3 aromatic rings. The largest absolute Gasteiger partial charge is 0.494 e. The molecule has 2 aliphatic rings. The highest BCUT2D eigenvalue weighted by Gasteiger charge is 2.44. The fraction of sp³-hybridized carbons (Fsp3) is 0.452. The van der Waals surface area contributed by atoms with Crippen LogP contribution < -0.4 is 19.7 Å². The molecule has 2 aliphatic heterocycles. The summed E-state index contributed by atoms with van der Waals surface area (Å²) in [5.74, 6) is 0.440. The molecular formula is C31H37FN4O5. The first-order valence-electron chi connectivity index (χ1n) is 13.8. The predicted octanol–water partition coefficient (Wildman–Crippen LogP) is 5.01. The lowest BCUT2D eigenvalue weighted by molar-refractivity contribution is -0.119. The number of methoxy groups -OCH3 is 1. The zero-order chi connectivity index (χ0) is 29.4. The van der Waals surface area contributed by atoms with Crippen molar-refractivity contribution in [1.29, 1.82) is 0 Å². The summed E-state index contributed by atoms with van der Waals surface area (Å²) in [4.78, 5) is 32.7. The smallest absolute Gasteiger partial charge is 0.410 e. The van der Waals surface area contributed by atoms with E-state index in [2.05, 4.69) is 10.2 Å². The summed E-state index contributed by atoms with van der Waals surface area (Å²) in [7, 11) is 3.11. The number of amides is 2. The van der Waals surface area contributed by atoms with E-state index in [1.54, 1.807) is 13.1 Å². The quantitative estimate of drug-likeness (QED) is 0.431. The van der Waals surface area contributed by atoms with Crippen LogP contribution in [0, 0.1) is 11.2 Å². The van der Waals surface area contributed by atoms with Crippen molar-refractivity contribution in [1.82, 2.24) is 15.2 Å². The molecule has 1 unspecified atom stereocenters. The third-order valence-electron chi connectivity index (χ3n) is 7.59. The molecule has 3 heterocycles. The Morgan fingerprint density at radius 2 is 1.95 bits per heavy atom. The Morgan fingerprint density at radius 3 is 2.61 bits per heavy atom. The van der Waals surface area contributed by atoms with Crippen molar-refractivity contribution in [2.45, 2.75) is 39.2 Å². The number of likely N-dealkylation sites (N-methyl/N-ethyl adjacent to an activating group) is 1. The molecule has 1 N–H and O–H groups in total. The SMILES string of the molecule is COc1cc2nc(-c3ccc(OCCN(C)C(=O)OC(C)(C)C)cc3)cc(N3CCC4(CNC(=O)C4)C3)c2cc1F. The van der Waals surface area contributed by atoms with Crippen LogP contribution in [0.25, 0.3) is 22.2 Å². The average Bonchev–Trinajstić information content (AvgIpc) is 3.51. The minimum atomic E-state index is -0.555. The number of nitrogens with one attached hydrogen (secondary N) is 1. The van der Waals surface area contributed by atoms with Crippen LogP contribution in [0.4, 0.5) is 14.9 Å². The Labute approximate surface area is 239 Å². The molecule has 2 saturated heterocycles. The Morgan fingerprint density at radius 1 is 1.20 bits per heavy atom. The summed E-state index contributed by atoms with van der Waals surface area (Å²) in [6.45, 7) is 8.32. The molecule has 0 aliphatic carbocycles. The molecule has 41 heavy (non-hydrogen) atoms. The molecule has 2 amide bonds. The van der Waals surface area contributed by atoms with Gasteiger partial charge in [-0.1, -0.05) is 0 Å². The van der Waals surface area contributed by atoms with E-state index < -0.39 is 17.5 Å². The fourth-order valence-electron chi connectivity index (χ4n) is 5.41. The van der Waals surface area contributed by atoms with Crippen molar-refractivity contribution in [2.75, 3.05) is 51.8 Å². The van der Waals surface area contributed by atoms with Crippen LogP contribution in [0.1, 0.15) is 33.6 Å². The number of rotatable bonds is 7. The number of halogens is 1. The van der Waals surface area contributed by atoms with Gasteiger partial charge in [0.05, 0.1) is 24.9 Å². The van der Waals surface area contributed by atoms with Gasteiger partial charge in [-0.2, -0.15) is 0 Å². The number of carbonyl (C=O) groups excluding carboxylic acids is 2. The maximum absolute atomic E-state index is 14.8. The summed E-state index contributed by atoms with van der Waals surface area (Å²) in [6, 6.07) is 12.7. The molecule has 2 aromatic carbocycles. The first kappa shape index (κ1) is 28.4. The van der Waals surface area contributed by atoms with E-state index in [0.717, 1.165) is 29.9 Å². The molecule has 0 saturated carbocycles. The second kappa shape index (κ2) is 11.1. The van der Waals surface area contributed by atoms with Gasteiger partial charge in [0.15, 0.2) is 11.6 Å². The highest BCUT2D eigenvalue weighted by Crippen LogP contribution is 2.42. The molecule has 1 atom stereocenters. The van der Waals surface area contributed by atoms with Crippen LogP contribution in [0.15, 0.2) is 42.5 Å². The maximum Gasteiger partial charge on any atom is 0.410 e. The first-order valence-corrected chi connectivity index (χ1v) is 13.8. The third kappa shape index (κ3) is 6.31. The van der Waals surface area contributed by atoms with Crippen molar-refractivity contribution in [3.8, 4) is 22.8 Å². The summed E-state index contributed by atoms with van der Waals surface area (Å²) in [5.41, 5.74) is 2.46. The molecule has 0 radical (unpaired) electrons. The van der Waals surface area contributed by atoms with E-state index in [9.17, 15) is 14.0 Å². The monoisotopic (exact) mass is 564 g/mol. The molecular weight excluding hydrogens is 527 g/mol. The van der Waals surface area contributed by atoms with Crippen molar-refractivity contribution < 1.29 is 28.2 Å². The second-order valence-corrected chi connectivity index (χ2v) is 11.9. The van der Waals surface area contributed by atoms with Crippen molar-refractivity contribution in [3.63, 3.8) is 0 Å². The number of hydrogen-bond donors (Lipinski definition) is 1. The van der Waals surface area contributed by atoms with Gasteiger partial charge in [-0.15, -0.1) is 0 Å². The minimum absolute atomic E-state index is 0.0849. The molecule has 10 heteroatoms. The van der Waals surface area contributed by atoms with E-state index >= 15 is 0 Å². The number of pyridine rings is 1. The van der Waals surface area contributed by atoms with Gasteiger partial charge in [-0.25, -0.2) is 14.2 Å². The van der Waals surface area contributed by atoms with Crippen molar-refractivity contribution >= 4 is 28.6 Å². The van der Waals surface area contributed by atoms with Gasteiger partial charge < -0.3 is 29.3 Å². The Balaban J connectivity index is 1.36. The number of fused-ring (bicyclic) bond motifs is 1. The van der Waals surface area contributed by atoms with Crippen LogP contribution in [0.5, 0.6) is 11.5 Å². The van der Waals surface area contributed by atoms with Gasteiger partial charge in [-0.3, -0.25) is 4.79 Å². The Bertz CT molecular complexity index is 1460. The van der Waals surface area contributed by atoms with E-state index in [1.807, 2.05) is 51.1 Å². The van der Waals surface area contributed by atoms with Gasteiger partial charge in [0.2, 0.25) is 5.91 Å². The zero-order valence-electron chi connectivity index (χ0n) is 24.3. The molecule has 5 rings (SSSR count). The standard InChI is InChI=1S/C31H37FN4O5/c1-30(2,3)41-29(38)35(4)12-13-40-21-8-6-20(7-9-21)24-15-26(22-14-23(32)27(39-5)16-25(22)34-24)36-11-10-31(19-36)17-28(37)33-18-31/h6-9,14-16H,10-13,17-19H2,1-5H3,(H,33,37). The Kier molecular flexibility index (Phi) is 7.68. The summed E-state index contributed by atoms with van der Waals surface area (Å²) >= 11 is 0. The number of hydrogen-bond acceptors (Lipinski definition) is 7. The highest BCUT2D eigenvalue weighted by atomic mass is 19.1. The van der Waals surface area contributed by atoms with Crippen LogP contribution in [-0.2, 0) is 9.53 Å². The minimum Gasteiger partial charge on any atom is -0.494 e. The average molecular weight is 565 g/mol. The van der Waals surface area contributed by atoms with Crippen molar-refractivity contribution in [2.24, 2.45) is 5.41 Å². The lowest BCUT2D eigenvalue weighted by Crippen LogP contribution is -2.36. The van der Waals surface area contributed by atoms with Crippen LogP contribution >= 0.6 is 0 Å². The number of aromatic nitrogens is 1. The molecule has 9 nitrogen and oxygen atoms in total. The van der Waals surface area contributed by atoms with Crippen molar-refractivity contribution in [3.05, 3.63) is 48.3 Å². The van der Waals surface area contributed by atoms with Gasteiger partial charge in [-0.05, 0) is 63.6 Å². The van der Waals surface area contributed by atoms with Gasteiger partial charge in [0.25, 0.3) is 0 Å². The summed E-state index contributed by atoms with van der Waals surface area (Å²) < 4.78 is 31.3. The number of benzene rings is 2. The zero-order valence-corrected chi connectivity index (χ0v) is 24.3. The predicted molar refractivity (Wildman–Crippen MR) is 155 cm³/mol. The second-order valence-electron chi connectivity index (χ2n) is 11.9. The number of ether oxygens (including phenoxy) is 3. The van der Waals surface area contributed by atoms with Crippen LogP contribution in [0.3, 0.4) is 0 Å². The molecule has 0 bridgehead atoms. The maximum atomic E-state index is 14.8. The number of nitrogens with zero attached hydrogens (tertiary/aromatic N) is 3. The third-order valence-corrected chi connectivity index (χ3v) is 7.59. The number of anilines is 1. The Hall–Kier alpha value is -4.08.